The van der Waals surface area contributed by atoms with Crippen LogP contribution in [0.5, 0.6) is 0 Å². The maximum Gasteiger partial charge on any atom is 0.293 e. The lowest BCUT2D eigenvalue weighted by Gasteiger charge is -2.35. The van der Waals surface area contributed by atoms with Gasteiger partial charge in [-0.05, 0) is 43.0 Å². The Morgan fingerprint density at radius 2 is 2.16 bits per heavy atom. The summed E-state index contributed by atoms with van der Waals surface area (Å²) in [6.07, 6.45) is 2.12. The van der Waals surface area contributed by atoms with E-state index in [9.17, 15) is 14.0 Å². The number of carbonyl (C=O) groups is 2. The normalized spacial score (nSPS) is 20.5. The van der Waals surface area contributed by atoms with Crippen LogP contribution in [0.3, 0.4) is 0 Å². The lowest BCUT2D eigenvalue weighted by Crippen LogP contribution is -2.52. The molecular weight excluding hydrogens is 325 g/mol. The van der Waals surface area contributed by atoms with Crippen molar-refractivity contribution in [3.8, 4) is 0 Å². The molecule has 2 fully saturated rings. The van der Waals surface area contributed by atoms with Gasteiger partial charge in [-0.15, -0.1) is 0 Å². The van der Waals surface area contributed by atoms with Crippen molar-refractivity contribution in [2.75, 3.05) is 13.1 Å². The molecule has 2 aliphatic rings. The van der Waals surface area contributed by atoms with E-state index in [-0.39, 0.29) is 23.4 Å². The molecule has 1 aromatic heterocycles. The van der Waals surface area contributed by atoms with Gasteiger partial charge in [0.2, 0.25) is 11.7 Å². The molecule has 7 heteroatoms. The SMILES string of the molecule is Cc1cc(F)ccc1[C@H]1C(=O)NCCN1C(=O)c1cc(C2CC2)no1. The summed E-state index contributed by atoms with van der Waals surface area (Å²) in [7, 11) is 0. The molecule has 1 saturated carbocycles. The summed E-state index contributed by atoms with van der Waals surface area (Å²) in [5.74, 6) is -0.509. The molecule has 0 radical (unpaired) electrons. The smallest absolute Gasteiger partial charge is 0.293 e. The number of carbonyl (C=O) groups excluding carboxylic acids is 2. The number of aryl methyl sites for hydroxylation is 1. The number of nitrogens with one attached hydrogen (secondary N) is 1. The minimum absolute atomic E-state index is 0.140. The highest BCUT2D eigenvalue weighted by Crippen LogP contribution is 2.39. The van der Waals surface area contributed by atoms with Crippen molar-refractivity contribution in [3.63, 3.8) is 0 Å². The van der Waals surface area contributed by atoms with Gasteiger partial charge in [-0.1, -0.05) is 11.2 Å². The highest BCUT2D eigenvalue weighted by Gasteiger charge is 2.38. The Morgan fingerprint density at radius 3 is 2.88 bits per heavy atom. The van der Waals surface area contributed by atoms with Crippen LogP contribution < -0.4 is 5.32 Å². The van der Waals surface area contributed by atoms with Crippen LogP contribution in [0, 0.1) is 12.7 Å². The second kappa shape index (κ2) is 5.98. The minimum atomic E-state index is -0.809. The molecule has 4 rings (SSSR count). The minimum Gasteiger partial charge on any atom is -0.352 e. The first kappa shape index (κ1) is 15.8. The molecule has 2 amide bonds. The van der Waals surface area contributed by atoms with Crippen LogP contribution >= 0.6 is 0 Å². The van der Waals surface area contributed by atoms with Crippen molar-refractivity contribution in [3.05, 3.63) is 52.7 Å². The first-order valence-electron chi connectivity index (χ1n) is 8.36. The zero-order chi connectivity index (χ0) is 17.6. The molecule has 1 atom stereocenters. The van der Waals surface area contributed by atoms with E-state index in [2.05, 4.69) is 10.5 Å². The number of halogens is 1. The molecule has 0 spiro atoms. The number of aromatic nitrogens is 1. The van der Waals surface area contributed by atoms with Crippen LogP contribution in [0.2, 0.25) is 0 Å². The molecular formula is C18H18FN3O3. The number of piperazine rings is 1. The van der Waals surface area contributed by atoms with Crippen molar-refractivity contribution in [2.24, 2.45) is 0 Å². The summed E-state index contributed by atoms with van der Waals surface area (Å²) < 4.78 is 18.6. The molecule has 1 N–H and O–H groups in total. The van der Waals surface area contributed by atoms with Gasteiger partial charge in [0.1, 0.15) is 11.9 Å². The fraction of sp³-hybridized carbons (Fsp3) is 0.389. The van der Waals surface area contributed by atoms with Gasteiger partial charge >= 0.3 is 0 Å². The third kappa shape index (κ3) is 2.90. The van der Waals surface area contributed by atoms with E-state index in [1.165, 1.54) is 17.0 Å². The molecule has 1 aliphatic carbocycles. The van der Waals surface area contributed by atoms with E-state index in [1.54, 1.807) is 19.1 Å². The Morgan fingerprint density at radius 1 is 1.36 bits per heavy atom. The molecule has 2 aromatic rings. The number of amides is 2. The number of rotatable bonds is 3. The van der Waals surface area contributed by atoms with Gasteiger partial charge < -0.3 is 14.7 Å². The van der Waals surface area contributed by atoms with E-state index < -0.39 is 6.04 Å². The molecule has 1 aliphatic heterocycles. The van der Waals surface area contributed by atoms with Gasteiger partial charge in [-0.25, -0.2) is 4.39 Å². The first-order valence-corrected chi connectivity index (χ1v) is 8.36. The molecule has 25 heavy (non-hydrogen) atoms. The van der Waals surface area contributed by atoms with E-state index in [0.717, 1.165) is 18.5 Å². The van der Waals surface area contributed by atoms with Crippen molar-refractivity contribution < 1.29 is 18.5 Å². The standard InChI is InChI=1S/C18H18FN3O3/c1-10-8-12(19)4-5-13(10)16-17(23)20-6-7-22(16)18(24)15-9-14(21-25-15)11-2-3-11/h4-5,8-9,11,16H,2-3,6-7H2,1H3,(H,20,23)/t16-/m0/s1. The molecule has 6 nitrogen and oxygen atoms in total. The summed E-state index contributed by atoms with van der Waals surface area (Å²) in [4.78, 5) is 26.8. The fourth-order valence-electron chi connectivity index (χ4n) is 3.24. The van der Waals surface area contributed by atoms with Gasteiger partial charge in [0.25, 0.3) is 5.91 Å². The lowest BCUT2D eigenvalue weighted by molar-refractivity contribution is -0.128. The number of benzene rings is 1. The fourth-order valence-corrected chi connectivity index (χ4v) is 3.24. The van der Waals surface area contributed by atoms with Crippen LogP contribution in [-0.2, 0) is 4.79 Å². The van der Waals surface area contributed by atoms with Crippen LogP contribution in [0.25, 0.3) is 0 Å². The van der Waals surface area contributed by atoms with Crippen molar-refractivity contribution in [1.29, 1.82) is 0 Å². The Bertz CT molecular complexity index is 844. The average Bonchev–Trinajstić information content (AvgIpc) is 3.32. The molecule has 1 aromatic carbocycles. The van der Waals surface area contributed by atoms with Gasteiger partial charge in [-0.2, -0.15) is 0 Å². The lowest BCUT2D eigenvalue weighted by atomic mass is 9.97. The Hall–Kier alpha value is -2.70. The zero-order valence-electron chi connectivity index (χ0n) is 13.8. The van der Waals surface area contributed by atoms with E-state index in [4.69, 9.17) is 4.52 Å². The van der Waals surface area contributed by atoms with Crippen LogP contribution in [0.4, 0.5) is 4.39 Å². The monoisotopic (exact) mass is 343 g/mol. The Labute approximate surface area is 144 Å². The van der Waals surface area contributed by atoms with Gasteiger partial charge in [-0.3, -0.25) is 9.59 Å². The molecule has 1 saturated heterocycles. The predicted octanol–water partition coefficient (Wildman–Crippen LogP) is 2.31. The average molecular weight is 343 g/mol. The highest BCUT2D eigenvalue weighted by atomic mass is 19.1. The number of nitrogens with zero attached hydrogens (tertiary/aromatic N) is 2. The maximum atomic E-state index is 13.4. The largest absolute Gasteiger partial charge is 0.352 e. The van der Waals surface area contributed by atoms with Crippen LogP contribution in [0.15, 0.2) is 28.8 Å². The van der Waals surface area contributed by atoms with Gasteiger partial charge in [0.05, 0.1) is 5.69 Å². The third-order valence-electron chi connectivity index (χ3n) is 4.73. The molecule has 2 heterocycles. The first-order chi connectivity index (χ1) is 12.0. The number of hydrogen-bond donors (Lipinski definition) is 1. The van der Waals surface area contributed by atoms with Crippen LogP contribution in [0.1, 0.15) is 52.2 Å². The molecule has 0 bridgehead atoms. The summed E-state index contributed by atoms with van der Waals surface area (Å²) in [5, 5.41) is 6.74. The second-order valence-corrected chi connectivity index (χ2v) is 6.58. The molecule has 130 valence electrons. The van der Waals surface area contributed by atoms with E-state index in [0.29, 0.717) is 30.1 Å². The van der Waals surface area contributed by atoms with Gasteiger partial charge in [0, 0.05) is 25.1 Å². The summed E-state index contributed by atoms with van der Waals surface area (Å²) in [6.45, 7) is 2.44. The van der Waals surface area contributed by atoms with Gasteiger partial charge in [0.15, 0.2) is 0 Å². The highest BCUT2D eigenvalue weighted by molar-refractivity contribution is 5.96. The molecule has 0 unspecified atom stereocenters. The second-order valence-electron chi connectivity index (χ2n) is 6.58. The topological polar surface area (TPSA) is 75.4 Å². The van der Waals surface area contributed by atoms with E-state index in [1.807, 2.05) is 0 Å². The predicted molar refractivity (Wildman–Crippen MR) is 86.4 cm³/mol. The Kier molecular flexibility index (Phi) is 3.78. The van der Waals surface area contributed by atoms with Crippen molar-refractivity contribution in [2.45, 2.75) is 31.7 Å². The maximum absolute atomic E-state index is 13.4. The number of hydrogen-bond acceptors (Lipinski definition) is 4. The quantitative estimate of drug-likeness (QED) is 0.928. The summed E-state index contributed by atoms with van der Waals surface area (Å²) in [5.41, 5.74) is 2.02. The van der Waals surface area contributed by atoms with Crippen molar-refractivity contribution >= 4 is 11.8 Å². The van der Waals surface area contributed by atoms with Crippen LogP contribution in [-0.4, -0.2) is 35.0 Å². The van der Waals surface area contributed by atoms with Crippen molar-refractivity contribution in [1.82, 2.24) is 15.4 Å². The Balaban J connectivity index is 1.67. The summed E-state index contributed by atoms with van der Waals surface area (Å²) in [6, 6.07) is 5.07. The third-order valence-corrected chi connectivity index (χ3v) is 4.73. The van der Waals surface area contributed by atoms with E-state index >= 15 is 0 Å². The zero-order valence-corrected chi connectivity index (χ0v) is 13.8. The summed E-state index contributed by atoms with van der Waals surface area (Å²) >= 11 is 0.